The normalized spacial score (nSPS) is 10.6. The molecule has 8 nitrogen and oxygen atoms in total. The second kappa shape index (κ2) is 10.9. The maximum absolute atomic E-state index is 12.0. The molecule has 0 saturated heterocycles. The molecule has 2 aromatic carbocycles. The molecular formula is C20H23NO7. The van der Waals surface area contributed by atoms with Gasteiger partial charge in [0.15, 0.2) is 0 Å². The fourth-order valence-electron chi connectivity index (χ4n) is 2.46. The van der Waals surface area contributed by atoms with Gasteiger partial charge in [0.1, 0.15) is 35.8 Å². The molecule has 0 aromatic heterocycles. The van der Waals surface area contributed by atoms with Gasteiger partial charge < -0.3 is 24.8 Å². The first-order valence-electron chi connectivity index (χ1n) is 8.76. The van der Waals surface area contributed by atoms with Crippen molar-refractivity contribution in [3.63, 3.8) is 0 Å². The van der Waals surface area contributed by atoms with E-state index in [0.717, 1.165) is 0 Å². The molecule has 8 heteroatoms. The number of aromatic hydroxyl groups is 2. The largest absolute Gasteiger partial charge is 0.507 e. The Kier molecular flexibility index (Phi) is 8.26. The summed E-state index contributed by atoms with van der Waals surface area (Å²) in [6.45, 7) is 0.909. The van der Waals surface area contributed by atoms with Gasteiger partial charge in [-0.2, -0.15) is 0 Å². The lowest BCUT2D eigenvalue weighted by molar-refractivity contribution is 0.0379. The van der Waals surface area contributed by atoms with Gasteiger partial charge in [0, 0.05) is 19.6 Å². The summed E-state index contributed by atoms with van der Waals surface area (Å²) < 4.78 is 10.3. The highest BCUT2D eigenvalue weighted by Crippen LogP contribution is 2.17. The Morgan fingerprint density at radius 3 is 1.57 bits per heavy atom. The number of phenols is 2. The van der Waals surface area contributed by atoms with Gasteiger partial charge in [0.2, 0.25) is 0 Å². The van der Waals surface area contributed by atoms with Crippen LogP contribution in [0.3, 0.4) is 0 Å². The fraction of sp³-hybridized carbons (Fsp3) is 0.300. The molecule has 0 aliphatic rings. The van der Waals surface area contributed by atoms with Crippen molar-refractivity contribution in [2.75, 3.05) is 39.5 Å². The van der Waals surface area contributed by atoms with E-state index in [1.165, 1.54) is 24.3 Å². The fourth-order valence-corrected chi connectivity index (χ4v) is 2.46. The van der Waals surface area contributed by atoms with Gasteiger partial charge in [0.05, 0.1) is 6.61 Å². The number of phenolic OH excluding ortho intramolecular Hbond substituents is 2. The minimum atomic E-state index is -0.645. The number of carbonyl (C=O) groups excluding carboxylic acids is 2. The van der Waals surface area contributed by atoms with E-state index < -0.39 is 11.9 Å². The van der Waals surface area contributed by atoms with Gasteiger partial charge in [-0.15, -0.1) is 0 Å². The third-order valence-electron chi connectivity index (χ3n) is 3.95. The van der Waals surface area contributed by atoms with Crippen LogP contribution in [-0.2, 0) is 9.47 Å². The Hall–Kier alpha value is -3.10. The van der Waals surface area contributed by atoms with E-state index in [1.54, 1.807) is 29.2 Å². The van der Waals surface area contributed by atoms with Crippen molar-refractivity contribution in [3.8, 4) is 11.5 Å². The number of esters is 2. The number of benzene rings is 2. The second-order valence-corrected chi connectivity index (χ2v) is 5.87. The second-order valence-electron chi connectivity index (χ2n) is 5.87. The van der Waals surface area contributed by atoms with Crippen molar-refractivity contribution in [1.29, 1.82) is 0 Å². The van der Waals surface area contributed by atoms with Crippen molar-refractivity contribution in [1.82, 2.24) is 4.90 Å². The molecule has 0 saturated carbocycles. The predicted molar refractivity (Wildman–Crippen MR) is 100 cm³/mol. The van der Waals surface area contributed by atoms with E-state index in [2.05, 4.69) is 0 Å². The summed E-state index contributed by atoms with van der Waals surface area (Å²) in [4.78, 5) is 25.7. The zero-order valence-electron chi connectivity index (χ0n) is 15.3. The molecule has 0 heterocycles. The molecule has 3 N–H and O–H groups in total. The van der Waals surface area contributed by atoms with Gasteiger partial charge in [-0.25, -0.2) is 9.59 Å². The van der Waals surface area contributed by atoms with Crippen LogP contribution in [0.1, 0.15) is 20.7 Å². The van der Waals surface area contributed by atoms with E-state index in [-0.39, 0.29) is 42.4 Å². The maximum atomic E-state index is 12.0. The van der Waals surface area contributed by atoms with Crippen molar-refractivity contribution in [2.24, 2.45) is 0 Å². The number of rotatable bonds is 10. The first-order valence-corrected chi connectivity index (χ1v) is 8.76. The van der Waals surface area contributed by atoms with Crippen molar-refractivity contribution in [3.05, 3.63) is 59.7 Å². The lowest BCUT2D eigenvalue weighted by Gasteiger charge is -2.21. The average molecular weight is 389 g/mol. The van der Waals surface area contributed by atoms with Gasteiger partial charge in [0.25, 0.3) is 0 Å². The molecule has 2 rings (SSSR count). The summed E-state index contributed by atoms with van der Waals surface area (Å²) in [5.41, 5.74) is 0.153. The van der Waals surface area contributed by atoms with Gasteiger partial charge >= 0.3 is 11.9 Å². The topological polar surface area (TPSA) is 117 Å². The Morgan fingerprint density at radius 1 is 0.750 bits per heavy atom. The van der Waals surface area contributed by atoms with Crippen LogP contribution in [0, 0.1) is 0 Å². The van der Waals surface area contributed by atoms with Crippen LogP contribution in [0.15, 0.2) is 48.5 Å². The molecule has 0 radical (unpaired) electrons. The highest BCUT2D eigenvalue weighted by molar-refractivity contribution is 5.92. The van der Waals surface area contributed by atoms with Crippen LogP contribution in [0.25, 0.3) is 0 Å². The van der Waals surface area contributed by atoms with Crippen molar-refractivity contribution in [2.45, 2.75) is 0 Å². The summed E-state index contributed by atoms with van der Waals surface area (Å²) in [5, 5.41) is 28.4. The lowest BCUT2D eigenvalue weighted by atomic mass is 10.2. The molecular weight excluding hydrogens is 366 g/mol. The van der Waals surface area contributed by atoms with E-state index in [4.69, 9.17) is 14.6 Å². The lowest BCUT2D eigenvalue weighted by Crippen LogP contribution is -2.34. The van der Waals surface area contributed by atoms with Gasteiger partial charge in [-0.1, -0.05) is 24.3 Å². The molecule has 0 spiro atoms. The van der Waals surface area contributed by atoms with Gasteiger partial charge in [-0.3, -0.25) is 4.90 Å². The Morgan fingerprint density at radius 2 is 1.18 bits per heavy atom. The highest BCUT2D eigenvalue weighted by Gasteiger charge is 2.14. The standard InChI is InChI=1S/C20H23NO7/c22-12-9-21(10-13-27-19(25)15-5-1-3-7-17(15)23)11-14-28-20(26)16-6-2-4-8-18(16)24/h1-8,22-24H,9-14H2. The third kappa shape index (κ3) is 6.26. The number of aliphatic hydroxyl groups excluding tert-OH is 1. The zero-order chi connectivity index (χ0) is 20.4. The van der Waals surface area contributed by atoms with E-state index in [1.807, 2.05) is 0 Å². The first-order chi connectivity index (χ1) is 13.5. The smallest absolute Gasteiger partial charge is 0.341 e. The number of para-hydroxylation sites is 2. The SMILES string of the molecule is O=C(OCCN(CCO)CCOC(=O)c1ccccc1O)c1ccccc1O. The zero-order valence-corrected chi connectivity index (χ0v) is 15.3. The molecule has 0 bridgehead atoms. The molecule has 0 aliphatic carbocycles. The number of ether oxygens (including phenoxy) is 2. The van der Waals surface area contributed by atoms with E-state index >= 15 is 0 Å². The molecule has 150 valence electrons. The monoisotopic (exact) mass is 389 g/mol. The van der Waals surface area contributed by atoms with Crippen LogP contribution in [0.4, 0.5) is 0 Å². The Balaban J connectivity index is 1.77. The van der Waals surface area contributed by atoms with Crippen LogP contribution < -0.4 is 0 Å². The summed E-state index contributed by atoms with van der Waals surface area (Å²) in [6.07, 6.45) is 0. The summed E-state index contributed by atoms with van der Waals surface area (Å²) in [5.74, 6) is -1.60. The minimum Gasteiger partial charge on any atom is -0.507 e. The average Bonchev–Trinajstić information content (AvgIpc) is 2.68. The Bertz CT molecular complexity index is 730. The molecule has 0 aliphatic heterocycles. The van der Waals surface area contributed by atoms with Crippen LogP contribution in [0.5, 0.6) is 11.5 Å². The summed E-state index contributed by atoms with van der Waals surface area (Å²) >= 11 is 0. The maximum Gasteiger partial charge on any atom is 0.341 e. The van der Waals surface area contributed by atoms with Crippen LogP contribution >= 0.6 is 0 Å². The van der Waals surface area contributed by atoms with Gasteiger partial charge in [-0.05, 0) is 24.3 Å². The first kappa shape index (κ1) is 21.2. The number of aliphatic hydroxyl groups is 1. The van der Waals surface area contributed by atoms with E-state index in [0.29, 0.717) is 19.6 Å². The molecule has 0 atom stereocenters. The number of carbonyl (C=O) groups is 2. The van der Waals surface area contributed by atoms with Crippen LogP contribution in [0.2, 0.25) is 0 Å². The summed E-state index contributed by atoms with van der Waals surface area (Å²) in [7, 11) is 0. The highest BCUT2D eigenvalue weighted by atomic mass is 16.5. The van der Waals surface area contributed by atoms with Crippen molar-refractivity contribution < 1.29 is 34.4 Å². The minimum absolute atomic E-state index is 0.0422. The van der Waals surface area contributed by atoms with Crippen molar-refractivity contribution >= 4 is 11.9 Å². The quantitative estimate of drug-likeness (QED) is 0.522. The van der Waals surface area contributed by atoms with E-state index in [9.17, 15) is 19.8 Å². The van der Waals surface area contributed by atoms with Crippen LogP contribution in [-0.4, -0.2) is 71.6 Å². The third-order valence-corrected chi connectivity index (χ3v) is 3.95. The molecule has 2 aromatic rings. The Labute approximate surface area is 162 Å². The number of hydrogen-bond acceptors (Lipinski definition) is 8. The summed E-state index contributed by atoms with van der Waals surface area (Å²) in [6, 6.07) is 12.2. The molecule has 28 heavy (non-hydrogen) atoms. The molecule has 0 unspecified atom stereocenters. The number of hydrogen-bond donors (Lipinski definition) is 3. The number of nitrogens with zero attached hydrogens (tertiary/aromatic N) is 1. The predicted octanol–water partition coefficient (Wildman–Crippen LogP) is 1.41. The molecule has 0 fully saturated rings. The molecule has 0 amide bonds.